The molecule has 0 spiro atoms. The monoisotopic (exact) mass is 543 g/mol. The standard InChI is InChI=1S/C33H34ClNO4/c1-33(2)32(38-22-25-11-7-8-12-29(25)34)31(37-21-24-9-5-4-6-10-24)28-19-26(15-18-30(28)39-33)35-20-23-13-16-27(36-3)17-14-23/h4-19,31-32,35H,20-22H2,1-3H3. The molecule has 1 heterocycles. The summed E-state index contributed by atoms with van der Waals surface area (Å²) >= 11 is 6.44. The van der Waals surface area contributed by atoms with Crippen molar-refractivity contribution in [1.82, 2.24) is 0 Å². The molecule has 1 aliphatic rings. The number of methoxy groups -OCH3 is 1. The molecule has 0 fully saturated rings. The molecular weight excluding hydrogens is 510 g/mol. The molecule has 4 aromatic carbocycles. The van der Waals surface area contributed by atoms with Crippen molar-refractivity contribution in [2.24, 2.45) is 0 Å². The number of hydrogen-bond donors (Lipinski definition) is 1. The van der Waals surface area contributed by atoms with Crippen LogP contribution in [0.4, 0.5) is 5.69 Å². The molecular formula is C33H34ClNO4. The summed E-state index contributed by atoms with van der Waals surface area (Å²) in [6, 6.07) is 32.1. The maximum atomic E-state index is 6.63. The first-order valence-corrected chi connectivity index (χ1v) is 13.5. The van der Waals surface area contributed by atoms with Crippen LogP contribution >= 0.6 is 11.6 Å². The van der Waals surface area contributed by atoms with Gasteiger partial charge in [-0.3, -0.25) is 0 Å². The van der Waals surface area contributed by atoms with Crippen molar-refractivity contribution in [3.63, 3.8) is 0 Å². The van der Waals surface area contributed by atoms with Gasteiger partial charge in [-0.05, 0) is 66.9 Å². The zero-order valence-corrected chi connectivity index (χ0v) is 23.3. The average molecular weight is 544 g/mol. The normalized spacial score (nSPS) is 17.6. The summed E-state index contributed by atoms with van der Waals surface area (Å²) in [4.78, 5) is 0. The fourth-order valence-corrected chi connectivity index (χ4v) is 5.00. The van der Waals surface area contributed by atoms with Gasteiger partial charge in [-0.15, -0.1) is 0 Å². The molecule has 5 nitrogen and oxygen atoms in total. The van der Waals surface area contributed by atoms with Crippen molar-refractivity contribution in [1.29, 1.82) is 0 Å². The Bertz CT molecular complexity index is 1370. The predicted octanol–water partition coefficient (Wildman–Crippen LogP) is 7.98. The van der Waals surface area contributed by atoms with Crippen LogP contribution in [0.3, 0.4) is 0 Å². The highest BCUT2D eigenvalue weighted by atomic mass is 35.5. The quantitative estimate of drug-likeness (QED) is 0.220. The zero-order chi connectivity index (χ0) is 27.2. The van der Waals surface area contributed by atoms with E-state index in [-0.39, 0.29) is 12.2 Å². The number of nitrogens with one attached hydrogen (secondary N) is 1. The Morgan fingerprint density at radius 1 is 0.821 bits per heavy atom. The van der Waals surface area contributed by atoms with E-state index in [0.717, 1.165) is 39.4 Å². The Morgan fingerprint density at radius 2 is 1.56 bits per heavy atom. The molecule has 39 heavy (non-hydrogen) atoms. The number of halogens is 1. The molecule has 2 atom stereocenters. The SMILES string of the molecule is COc1ccc(CNc2ccc3c(c2)C(OCc2ccccc2)C(OCc2ccccc2Cl)C(C)(C)O3)cc1. The van der Waals surface area contributed by atoms with Gasteiger partial charge < -0.3 is 24.3 Å². The van der Waals surface area contributed by atoms with Gasteiger partial charge in [0, 0.05) is 22.8 Å². The second kappa shape index (κ2) is 12.1. The number of rotatable bonds is 10. The molecule has 0 aromatic heterocycles. The van der Waals surface area contributed by atoms with E-state index in [9.17, 15) is 0 Å². The third-order valence-electron chi connectivity index (χ3n) is 6.95. The van der Waals surface area contributed by atoms with Crippen LogP contribution in [0.1, 0.15) is 42.2 Å². The van der Waals surface area contributed by atoms with Gasteiger partial charge in [0.15, 0.2) is 0 Å². The first-order valence-electron chi connectivity index (χ1n) is 13.1. The topological polar surface area (TPSA) is 49.0 Å². The fraction of sp³-hybridized carbons (Fsp3) is 0.273. The molecule has 0 amide bonds. The number of anilines is 1. The lowest BCUT2D eigenvalue weighted by Gasteiger charge is -2.44. The Balaban J connectivity index is 1.41. The zero-order valence-electron chi connectivity index (χ0n) is 22.5. The lowest BCUT2D eigenvalue weighted by atomic mass is 9.87. The van der Waals surface area contributed by atoms with Gasteiger partial charge in [-0.1, -0.05) is 72.3 Å². The summed E-state index contributed by atoms with van der Waals surface area (Å²) in [5.74, 6) is 1.64. The van der Waals surface area contributed by atoms with Crippen LogP contribution in [-0.4, -0.2) is 18.8 Å². The van der Waals surface area contributed by atoms with Gasteiger partial charge in [-0.2, -0.15) is 0 Å². The Hall–Kier alpha value is -3.51. The maximum absolute atomic E-state index is 6.63. The van der Waals surface area contributed by atoms with E-state index < -0.39 is 5.60 Å². The van der Waals surface area contributed by atoms with Crippen molar-refractivity contribution in [3.05, 3.63) is 124 Å². The van der Waals surface area contributed by atoms with Crippen LogP contribution in [0.25, 0.3) is 0 Å². The first kappa shape index (κ1) is 27.1. The number of ether oxygens (including phenoxy) is 4. The lowest BCUT2D eigenvalue weighted by Crippen LogP contribution is -2.50. The highest BCUT2D eigenvalue weighted by Gasteiger charge is 2.45. The third kappa shape index (κ3) is 6.56. The summed E-state index contributed by atoms with van der Waals surface area (Å²) in [5, 5.41) is 4.21. The van der Waals surface area contributed by atoms with E-state index in [0.29, 0.717) is 24.8 Å². The predicted molar refractivity (Wildman–Crippen MR) is 155 cm³/mol. The second-order valence-corrected chi connectivity index (χ2v) is 10.6. The molecule has 0 radical (unpaired) electrons. The minimum absolute atomic E-state index is 0.353. The van der Waals surface area contributed by atoms with E-state index in [2.05, 4.69) is 35.6 Å². The van der Waals surface area contributed by atoms with Crippen molar-refractivity contribution < 1.29 is 18.9 Å². The van der Waals surface area contributed by atoms with Crippen LogP contribution < -0.4 is 14.8 Å². The van der Waals surface area contributed by atoms with Gasteiger partial charge >= 0.3 is 0 Å². The molecule has 0 saturated carbocycles. The van der Waals surface area contributed by atoms with E-state index in [1.54, 1.807) is 7.11 Å². The van der Waals surface area contributed by atoms with Crippen molar-refractivity contribution in [3.8, 4) is 11.5 Å². The van der Waals surface area contributed by atoms with Crippen LogP contribution in [0.15, 0.2) is 97.1 Å². The van der Waals surface area contributed by atoms with Gasteiger partial charge in [0.2, 0.25) is 0 Å². The summed E-state index contributed by atoms with van der Waals surface area (Å²) in [7, 11) is 1.67. The molecule has 0 saturated heterocycles. The fourth-order valence-electron chi connectivity index (χ4n) is 4.81. The van der Waals surface area contributed by atoms with Crippen molar-refractivity contribution >= 4 is 17.3 Å². The minimum Gasteiger partial charge on any atom is -0.497 e. The van der Waals surface area contributed by atoms with Crippen molar-refractivity contribution in [2.75, 3.05) is 12.4 Å². The maximum Gasteiger partial charge on any atom is 0.132 e. The minimum atomic E-state index is -0.631. The van der Waals surface area contributed by atoms with Gasteiger partial charge in [0.05, 0.1) is 20.3 Å². The smallest absolute Gasteiger partial charge is 0.132 e. The van der Waals surface area contributed by atoms with Crippen LogP contribution in [0.2, 0.25) is 5.02 Å². The summed E-state index contributed by atoms with van der Waals surface area (Å²) in [5.41, 5.74) is 4.48. The highest BCUT2D eigenvalue weighted by molar-refractivity contribution is 6.31. The summed E-state index contributed by atoms with van der Waals surface area (Å²) in [6.45, 7) is 5.57. The molecule has 202 valence electrons. The number of fused-ring (bicyclic) bond motifs is 1. The molecule has 0 bridgehead atoms. The molecule has 1 N–H and O–H groups in total. The number of hydrogen-bond acceptors (Lipinski definition) is 5. The molecule has 1 aliphatic heterocycles. The van der Waals surface area contributed by atoms with E-state index in [1.807, 2.05) is 80.6 Å². The Kier molecular flexibility index (Phi) is 8.41. The lowest BCUT2D eigenvalue weighted by molar-refractivity contribution is -0.170. The average Bonchev–Trinajstić information content (AvgIpc) is 2.95. The van der Waals surface area contributed by atoms with E-state index in [4.69, 9.17) is 30.5 Å². The van der Waals surface area contributed by atoms with Crippen molar-refractivity contribution in [2.45, 2.75) is 51.4 Å². The molecule has 2 unspecified atom stereocenters. The molecule has 5 rings (SSSR count). The largest absolute Gasteiger partial charge is 0.497 e. The summed E-state index contributed by atoms with van der Waals surface area (Å²) in [6.07, 6.45) is -0.726. The van der Waals surface area contributed by atoms with Gasteiger partial charge in [0.1, 0.15) is 29.3 Å². The highest BCUT2D eigenvalue weighted by Crippen LogP contribution is 2.45. The second-order valence-electron chi connectivity index (χ2n) is 10.2. The third-order valence-corrected chi connectivity index (χ3v) is 7.32. The molecule has 0 aliphatic carbocycles. The number of benzene rings is 4. The van der Waals surface area contributed by atoms with Gasteiger partial charge in [0.25, 0.3) is 0 Å². The first-order chi connectivity index (χ1) is 18.9. The molecule has 4 aromatic rings. The van der Waals surface area contributed by atoms with Crippen LogP contribution in [0.5, 0.6) is 11.5 Å². The van der Waals surface area contributed by atoms with E-state index in [1.165, 1.54) is 0 Å². The Morgan fingerprint density at radius 3 is 2.31 bits per heavy atom. The Labute approximate surface area is 235 Å². The van der Waals surface area contributed by atoms with Crippen LogP contribution in [-0.2, 0) is 29.2 Å². The van der Waals surface area contributed by atoms with Gasteiger partial charge in [-0.25, -0.2) is 0 Å². The van der Waals surface area contributed by atoms with E-state index >= 15 is 0 Å². The van der Waals surface area contributed by atoms with Crippen LogP contribution in [0, 0.1) is 0 Å². The summed E-state index contributed by atoms with van der Waals surface area (Å²) < 4.78 is 24.9. The molecule has 6 heteroatoms.